The second kappa shape index (κ2) is 9.04. The first-order chi connectivity index (χ1) is 11.3. The second-order valence-corrected chi connectivity index (χ2v) is 6.12. The van der Waals surface area contributed by atoms with E-state index < -0.39 is 5.97 Å². The van der Waals surface area contributed by atoms with Gasteiger partial charge in [-0.1, -0.05) is 11.6 Å². The van der Waals surface area contributed by atoms with Crippen molar-refractivity contribution in [2.24, 2.45) is 0 Å². The Morgan fingerprint density at radius 1 is 1.25 bits per heavy atom. The van der Waals surface area contributed by atoms with Gasteiger partial charge in [-0.2, -0.15) is 0 Å². The van der Waals surface area contributed by atoms with Crippen LogP contribution in [0.25, 0.3) is 0 Å². The summed E-state index contributed by atoms with van der Waals surface area (Å²) in [6, 6.07) is 3.24. The molecule has 0 aliphatic heterocycles. The molecule has 0 unspecified atom stereocenters. The smallest absolute Gasteiger partial charge is 0.340 e. The fourth-order valence-corrected chi connectivity index (χ4v) is 2.92. The quantitative estimate of drug-likeness (QED) is 0.439. The number of carbonyl (C=O) groups is 2. The largest absolute Gasteiger partial charge is 0.462 e. The van der Waals surface area contributed by atoms with Crippen molar-refractivity contribution < 1.29 is 18.8 Å². The number of rotatable bonds is 8. The predicted molar refractivity (Wildman–Crippen MR) is 97.0 cm³/mol. The maximum atomic E-state index is 12.5. The summed E-state index contributed by atoms with van der Waals surface area (Å²) in [4.78, 5) is 24.7. The van der Waals surface area contributed by atoms with Crippen molar-refractivity contribution in [3.63, 3.8) is 0 Å². The van der Waals surface area contributed by atoms with Crippen LogP contribution in [0.2, 0.25) is 5.02 Å². The molecule has 0 saturated carbocycles. The van der Waals surface area contributed by atoms with E-state index in [9.17, 15) is 9.59 Å². The van der Waals surface area contributed by atoms with Crippen molar-refractivity contribution in [3.8, 4) is 0 Å². The Hall–Kier alpha value is -1.59. The van der Waals surface area contributed by atoms with Gasteiger partial charge in [0.25, 0.3) is 5.91 Å². The zero-order valence-corrected chi connectivity index (χ0v) is 15.9. The Morgan fingerprint density at radius 2 is 1.88 bits per heavy atom. The van der Waals surface area contributed by atoms with E-state index in [-0.39, 0.29) is 18.1 Å². The molecule has 1 aromatic carbocycles. The van der Waals surface area contributed by atoms with E-state index in [4.69, 9.17) is 16.3 Å². The maximum absolute atomic E-state index is 12.5. The van der Waals surface area contributed by atoms with Gasteiger partial charge >= 0.3 is 5.97 Å². The fourth-order valence-electron chi connectivity index (χ4n) is 2.65. The standard InChI is InChI=1S/C18H27ClN2O3/c1-6-21(7-2,8-3)12-16(22)20-17-13(5)10-14(19)11-15(17)18(23)24-9-4/h6,10-11H,7-9,12H2,1-5H3,(H,20,22). The molecule has 1 aromatic rings. The molecule has 0 aliphatic carbocycles. The number of aryl methyl sites for hydroxylation is 1. The van der Waals surface area contributed by atoms with Crippen LogP contribution in [0, 0.1) is 13.5 Å². The van der Waals surface area contributed by atoms with Gasteiger partial charge in [0.05, 0.1) is 30.9 Å². The minimum Gasteiger partial charge on any atom is -0.462 e. The molecule has 0 atom stereocenters. The third-order valence-electron chi connectivity index (χ3n) is 4.33. The molecule has 0 aliphatic rings. The lowest BCUT2D eigenvalue weighted by Gasteiger charge is -2.44. The number of ether oxygens (including phenoxy) is 1. The zero-order valence-electron chi connectivity index (χ0n) is 15.1. The molecule has 1 rings (SSSR count). The first-order valence-corrected chi connectivity index (χ1v) is 8.63. The Morgan fingerprint density at radius 3 is 2.38 bits per heavy atom. The van der Waals surface area contributed by atoms with Crippen molar-refractivity contribution in [2.75, 3.05) is 31.6 Å². The van der Waals surface area contributed by atoms with Gasteiger partial charge in [-0.05, 0) is 45.4 Å². The molecule has 1 N–H and O–H groups in total. The molecule has 0 fully saturated rings. The van der Waals surface area contributed by atoms with Gasteiger partial charge in [0, 0.05) is 5.02 Å². The number of hydrogen-bond donors (Lipinski definition) is 1. The van der Waals surface area contributed by atoms with Crippen LogP contribution < -0.4 is 5.32 Å². The van der Waals surface area contributed by atoms with Gasteiger partial charge in [-0.15, -0.1) is 13.5 Å². The minimum absolute atomic E-state index is 0.146. The number of nitrogens with one attached hydrogen (secondary N) is 1. The average Bonchev–Trinajstić information content (AvgIpc) is 2.55. The number of carbonyl (C=O) groups excluding carboxylic acids is 2. The number of quaternary nitrogens is 1. The molecule has 24 heavy (non-hydrogen) atoms. The average molecular weight is 355 g/mol. The van der Waals surface area contributed by atoms with Gasteiger partial charge in [0.1, 0.15) is 6.54 Å². The zero-order chi connectivity index (χ0) is 18.3. The number of nitrogens with zero attached hydrogens (tertiary/aromatic N) is 1. The van der Waals surface area contributed by atoms with Crippen LogP contribution in [0.5, 0.6) is 0 Å². The highest BCUT2D eigenvalue weighted by atomic mass is 35.5. The topological polar surface area (TPSA) is 55.4 Å². The monoisotopic (exact) mass is 354 g/mol. The lowest BCUT2D eigenvalue weighted by Crippen LogP contribution is -2.49. The first-order valence-electron chi connectivity index (χ1n) is 8.25. The molecule has 5 nitrogen and oxygen atoms in total. The molecule has 0 heterocycles. The maximum Gasteiger partial charge on any atom is 0.340 e. The van der Waals surface area contributed by atoms with Crippen LogP contribution in [0.1, 0.15) is 43.6 Å². The van der Waals surface area contributed by atoms with Crippen molar-refractivity contribution in [3.05, 3.63) is 34.8 Å². The number of amides is 1. The number of likely N-dealkylation sites (N-methyl/N-ethyl adjacent to an activating group) is 1. The molecule has 6 heteroatoms. The summed E-state index contributed by atoms with van der Waals surface area (Å²) >= 11 is 6.05. The van der Waals surface area contributed by atoms with Crippen molar-refractivity contribution >= 4 is 29.2 Å². The number of anilines is 1. The molecular formula is C18H27ClN2O3. The number of benzene rings is 1. The highest BCUT2D eigenvalue weighted by Gasteiger charge is 2.22. The summed E-state index contributed by atoms with van der Waals surface area (Å²) in [5, 5.41) is 3.30. The third-order valence-corrected chi connectivity index (χ3v) is 4.54. The lowest BCUT2D eigenvalue weighted by atomic mass is 10.1. The van der Waals surface area contributed by atoms with Crippen molar-refractivity contribution in [1.29, 1.82) is 0 Å². The van der Waals surface area contributed by atoms with Gasteiger partial charge in [0.15, 0.2) is 0 Å². The van der Waals surface area contributed by atoms with E-state index in [0.717, 1.165) is 18.7 Å². The van der Waals surface area contributed by atoms with Gasteiger partial charge in [-0.3, -0.25) is 4.79 Å². The minimum atomic E-state index is -0.493. The summed E-state index contributed by atoms with van der Waals surface area (Å²) in [5.41, 5.74) is 1.47. The summed E-state index contributed by atoms with van der Waals surface area (Å²) in [6.45, 7) is 13.8. The highest BCUT2D eigenvalue weighted by Crippen LogP contribution is 2.26. The lowest BCUT2D eigenvalue weighted by molar-refractivity contribution is -0.887. The fraction of sp³-hybridized carbons (Fsp3) is 0.500. The Bertz CT molecular complexity index is 590. The summed E-state index contributed by atoms with van der Waals surface area (Å²) in [7, 11) is 0. The summed E-state index contributed by atoms with van der Waals surface area (Å²) in [5.74, 6) is -0.639. The van der Waals surface area contributed by atoms with Crippen LogP contribution in [-0.2, 0) is 9.53 Å². The van der Waals surface area contributed by atoms with Crippen LogP contribution in [0.15, 0.2) is 12.1 Å². The van der Waals surface area contributed by atoms with E-state index >= 15 is 0 Å². The highest BCUT2D eigenvalue weighted by molar-refractivity contribution is 6.31. The Labute approximate surface area is 149 Å². The second-order valence-electron chi connectivity index (χ2n) is 5.68. The molecule has 0 bridgehead atoms. The molecule has 0 saturated heterocycles. The molecule has 134 valence electrons. The van der Waals surface area contributed by atoms with E-state index in [1.54, 1.807) is 19.9 Å². The van der Waals surface area contributed by atoms with Gasteiger partial charge < -0.3 is 14.5 Å². The normalized spacial score (nSPS) is 11.2. The van der Waals surface area contributed by atoms with Crippen LogP contribution in [0.3, 0.4) is 0 Å². The molecule has 0 spiro atoms. The van der Waals surface area contributed by atoms with Crippen LogP contribution in [-0.4, -0.2) is 42.6 Å². The Kier molecular flexibility index (Phi) is 7.70. The SMILES string of the molecule is C[CH-][N+](CC)(CC)CC(=O)Nc1c(C)cc(Cl)cc1C(=O)OCC. The summed E-state index contributed by atoms with van der Waals surface area (Å²) < 4.78 is 5.64. The van der Waals surface area contributed by atoms with E-state index in [2.05, 4.69) is 5.32 Å². The summed E-state index contributed by atoms with van der Waals surface area (Å²) in [6.07, 6.45) is 0. The molecule has 1 amide bonds. The first kappa shape index (κ1) is 20.5. The van der Waals surface area contributed by atoms with Crippen LogP contribution in [0.4, 0.5) is 5.69 Å². The molecular weight excluding hydrogens is 328 g/mol. The van der Waals surface area contributed by atoms with E-state index in [0.29, 0.717) is 21.7 Å². The van der Waals surface area contributed by atoms with E-state index in [1.807, 2.05) is 27.3 Å². The van der Waals surface area contributed by atoms with Crippen LogP contribution >= 0.6 is 11.6 Å². The predicted octanol–water partition coefficient (Wildman–Crippen LogP) is 3.80. The van der Waals surface area contributed by atoms with Crippen molar-refractivity contribution in [2.45, 2.75) is 34.6 Å². The van der Waals surface area contributed by atoms with Gasteiger partial charge in [-0.25, -0.2) is 4.79 Å². The number of halogens is 1. The number of hydrogen-bond acceptors (Lipinski definition) is 3. The third kappa shape index (κ3) is 4.95. The molecule has 0 aromatic heterocycles. The Balaban J connectivity index is 3.09. The van der Waals surface area contributed by atoms with E-state index in [1.165, 1.54) is 6.07 Å². The van der Waals surface area contributed by atoms with Crippen molar-refractivity contribution in [1.82, 2.24) is 0 Å². The number of esters is 1. The molecule has 0 radical (unpaired) electrons. The van der Waals surface area contributed by atoms with Gasteiger partial charge in [0.2, 0.25) is 0 Å².